The summed E-state index contributed by atoms with van der Waals surface area (Å²) in [6.07, 6.45) is -0.0921. The normalized spacial score (nSPS) is 15.4. The number of carbonyl (C=O) groups excluding carboxylic acids is 4. The van der Waals surface area contributed by atoms with Crippen molar-refractivity contribution in [2.24, 2.45) is 11.7 Å². The number of carboxylic acids is 1. The quantitative estimate of drug-likeness (QED) is 0.0808. The van der Waals surface area contributed by atoms with E-state index in [1.54, 1.807) is 13.8 Å². The second-order valence-electron chi connectivity index (χ2n) is 6.45. The molecule has 0 spiro atoms. The summed E-state index contributed by atoms with van der Waals surface area (Å²) >= 11 is 0. The van der Waals surface area contributed by atoms with Gasteiger partial charge in [-0.3, -0.25) is 19.2 Å². The largest absolute Gasteiger partial charge is 0.481 e. The third kappa shape index (κ3) is 8.63. The number of aldehydes is 1. The predicted molar refractivity (Wildman–Crippen MR) is 95.7 cm³/mol. The van der Waals surface area contributed by atoms with Gasteiger partial charge in [-0.2, -0.15) is 0 Å². The van der Waals surface area contributed by atoms with Crippen molar-refractivity contribution >= 4 is 29.7 Å². The number of amides is 1. The molecule has 0 aromatic carbocycles. The van der Waals surface area contributed by atoms with Gasteiger partial charge >= 0.3 is 5.97 Å². The molecule has 4 atom stereocenters. The van der Waals surface area contributed by atoms with Crippen LogP contribution in [0, 0.1) is 5.92 Å². The monoisotopic (exact) mass is 404 g/mol. The Morgan fingerprint density at radius 3 is 2.07 bits per heavy atom. The van der Waals surface area contributed by atoms with Gasteiger partial charge in [-0.05, 0) is 12.3 Å². The number of aliphatic hydroxyl groups excluding tert-OH is 2. The zero-order valence-electron chi connectivity index (χ0n) is 15.8. The Balaban J connectivity index is 4.94. The molecule has 0 aliphatic rings. The molecule has 0 aromatic rings. The third-order valence-electron chi connectivity index (χ3n) is 3.80. The van der Waals surface area contributed by atoms with E-state index in [4.69, 9.17) is 15.9 Å². The Hall–Kier alpha value is -2.25. The Morgan fingerprint density at radius 1 is 1.04 bits per heavy atom. The number of Topliss-reactive ketones (excluding diaryl/α,β-unsaturated/α-hetero) is 2. The lowest BCUT2D eigenvalue weighted by Gasteiger charge is -2.25. The minimum Gasteiger partial charge on any atom is -0.481 e. The van der Waals surface area contributed by atoms with E-state index >= 15 is 0 Å². The first kappa shape index (κ1) is 25.8. The molecule has 8 N–H and O–H groups in total. The number of carbonyl (C=O) groups is 5. The van der Waals surface area contributed by atoms with Gasteiger partial charge < -0.3 is 31.2 Å². The van der Waals surface area contributed by atoms with Gasteiger partial charge in [0.25, 0.3) is 0 Å². The number of ketones is 2. The Morgan fingerprint density at radius 2 is 1.64 bits per heavy atom. The van der Waals surface area contributed by atoms with E-state index < -0.39 is 66.7 Å². The van der Waals surface area contributed by atoms with Crippen LogP contribution in [0.2, 0.25) is 0 Å². The molecule has 0 saturated heterocycles. The minimum absolute atomic E-state index is 0.128. The zero-order valence-corrected chi connectivity index (χ0v) is 15.8. The topological polar surface area (TPSA) is 208 Å². The van der Waals surface area contributed by atoms with Crippen LogP contribution in [0.4, 0.5) is 0 Å². The number of carboxylic acid groups (broad SMARTS) is 1. The smallest absolute Gasteiger partial charge is 0.303 e. The molecule has 28 heavy (non-hydrogen) atoms. The van der Waals surface area contributed by atoms with Crippen LogP contribution in [0.3, 0.4) is 0 Å². The standard InChI is InChI=1S/C16H28N4O8/c1-8(2)13(15(27)14(26)10(17)6-22)20-19-11(7-23)16(28)18-9(5-21)3-4-12(24)25/h5,8-11,13,19-20,22-23H,3-4,6-7,17H2,1-2H3,(H,18,28)(H,24,25)/t9-,10-,11-,13-/m0/s1. The van der Waals surface area contributed by atoms with E-state index in [2.05, 4.69) is 16.2 Å². The van der Waals surface area contributed by atoms with Gasteiger partial charge in [0.05, 0.1) is 31.3 Å². The lowest BCUT2D eigenvalue weighted by molar-refractivity contribution is -0.140. The number of rotatable bonds is 15. The van der Waals surface area contributed by atoms with Gasteiger partial charge in [0.2, 0.25) is 17.5 Å². The third-order valence-corrected chi connectivity index (χ3v) is 3.80. The van der Waals surface area contributed by atoms with Crippen LogP contribution >= 0.6 is 0 Å². The van der Waals surface area contributed by atoms with Crippen LogP contribution < -0.4 is 21.9 Å². The van der Waals surface area contributed by atoms with Gasteiger partial charge in [-0.15, -0.1) is 0 Å². The molecular weight excluding hydrogens is 376 g/mol. The van der Waals surface area contributed by atoms with Gasteiger partial charge in [0.15, 0.2) is 0 Å². The molecule has 0 saturated carbocycles. The summed E-state index contributed by atoms with van der Waals surface area (Å²) in [6, 6.07) is -4.81. The highest BCUT2D eigenvalue weighted by molar-refractivity contribution is 6.41. The second-order valence-corrected chi connectivity index (χ2v) is 6.45. The SMILES string of the molecule is CC(C)[C@H](NN[C@@H](CO)C(=O)N[C@H](C=O)CCC(=O)O)C(=O)C(=O)[C@@H](N)CO. The summed E-state index contributed by atoms with van der Waals surface area (Å²) in [7, 11) is 0. The summed E-state index contributed by atoms with van der Waals surface area (Å²) in [5, 5.41) is 29.2. The fourth-order valence-electron chi connectivity index (χ4n) is 2.07. The molecule has 0 aromatic heterocycles. The van der Waals surface area contributed by atoms with E-state index in [1.165, 1.54) is 0 Å². The first-order valence-electron chi connectivity index (χ1n) is 8.62. The van der Waals surface area contributed by atoms with Crippen molar-refractivity contribution in [1.29, 1.82) is 0 Å². The van der Waals surface area contributed by atoms with Crippen molar-refractivity contribution in [2.75, 3.05) is 13.2 Å². The van der Waals surface area contributed by atoms with E-state index in [-0.39, 0.29) is 12.8 Å². The molecule has 0 unspecified atom stereocenters. The van der Waals surface area contributed by atoms with Crippen molar-refractivity contribution in [3.05, 3.63) is 0 Å². The van der Waals surface area contributed by atoms with E-state index in [0.29, 0.717) is 6.29 Å². The summed E-state index contributed by atoms with van der Waals surface area (Å²) in [6.45, 7) is 1.83. The van der Waals surface area contributed by atoms with Crippen LogP contribution in [-0.2, 0) is 24.0 Å². The molecule has 12 heteroatoms. The van der Waals surface area contributed by atoms with Crippen molar-refractivity contribution in [1.82, 2.24) is 16.2 Å². The van der Waals surface area contributed by atoms with Crippen LogP contribution in [0.5, 0.6) is 0 Å². The lowest BCUT2D eigenvalue weighted by Crippen LogP contribution is -2.60. The summed E-state index contributed by atoms with van der Waals surface area (Å²) < 4.78 is 0. The van der Waals surface area contributed by atoms with Gasteiger partial charge in [0, 0.05) is 6.42 Å². The Bertz CT molecular complexity index is 569. The minimum atomic E-state index is -1.37. The molecule has 0 fully saturated rings. The second kappa shape index (κ2) is 13.0. The fourth-order valence-corrected chi connectivity index (χ4v) is 2.07. The van der Waals surface area contributed by atoms with Gasteiger partial charge in [0.1, 0.15) is 12.3 Å². The highest BCUT2D eigenvalue weighted by atomic mass is 16.4. The molecule has 0 radical (unpaired) electrons. The Kier molecular flexibility index (Phi) is 12.0. The summed E-state index contributed by atoms with van der Waals surface area (Å²) in [5.41, 5.74) is 10.3. The number of hydrogen-bond donors (Lipinski definition) is 7. The molecule has 0 heterocycles. The molecule has 1 amide bonds. The molecule has 0 aliphatic heterocycles. The zero-order chi connectivity index (χ0) is 21.9. The maximum Gasteiger partial charge on any atom is 0.303 e. The van der Waals surface area contributed by atoms with E-state index in [1.807, 2.05) is 0 Å². The molecule has 0 bridgehead atoms. The number of hydrazine groups is 1. The molecule has 0 rings (SSSR count). The lowest BCUT2D eigenvalue weighted by atomic mass is 9.95. The first-order valence-corrected chi connectivity index (χ1v) is 8.62. The first-order chi connectivity index (χ1) is 13.1. The van der Waals surface area contributed by atoms with E-state index in [0.717, 1.165) is 0 Å². The van der Waals surface area contributed by atoms with Gasteiger partial charge in [-0.25, -0.2) is 10.9 Å². The number of aliphatic carboxylic acids is 1. The molecule has 12 nitrogen and oxygen atoms in total. The maximum absolute atomic E-state index is 12.2. The van der Waals surface area contributed by atoms with Crippen LogP contribution in [0.1, 0.15) is 26.7 Å². The van der Waals surface area contributed by atoms with Crippen molar-refractivity contribution in [2.45, 2.75) is 50.9 Å². The Labute approximate surface area is 161 Å². The summed E-state index contributed by atoms with van der Waals surface area (Å²) in [4.78, 5) is 57.7. The summed E-state index contributed by atoms with van der Waals surface area (Å²) in [5.74, 6) is -4.26. The van der Waals surface area contributed by atoms with Gasteiger partial charge in [-0.1, -0.05) is 13.8 Å². The van der Waals surface area contributed by atoms with E-state index in [9.17, 15) is 29.1 Å². The maximum atomic E-state index is 12.2. The van der Waals surface area contributed by atoms with Crippen molar-refractivity contribution < 1.29 is 39.3 Å². The highest BCUT2D eigenvalue weighted by Gasteiger charge is 2.32. The van der Waals surface area contributed by atoms with Crippen LogP contribution in [0.15, 0.2) is 0 Å². The van der Waals surface area contributed by atoms with Crippen LogP contribution in [0.25, 0.3) is 0 Å². The predicted octanol–water partition coefficient (Wildman–Crippen LogP) is -3.53. The molecule has 160 valence electrons. The number of hydrogen-bond acceptors (Lipinski definition) is 10. The fraction of sp³-hybridized carbons (Fsp3) is 0.688. The van der Waals surface area contributed by atoms with Crippen LogP contribution in [-0.4, -0.2) is 82.4 Å². The number of nitrogens with two attached hydrogens (primary N) is 1. The average molecular weight is 404 g/mol. The average Bonchev–Trinajstić information content (AvgIpc) is 2.65. The number of aliphatic hydroxyl groups is 2. The van der Waals surface area contributed by atoms with Crippen molar-refractivity contribution in [3.63, 3.8) is 0 Å². The highest BCUT2D eigenvalue weighted by Crippen LogP contribution is 2.04. The molecular formula is C16H28N4O8. The number of nitrogens with one attached hydrogen (secondary N) is 3. The van der Waals surface area contributed by atoms with Crippen molar-refractivity contribution in [3.8, 4) is 0 Å². The molecule has 0 aliphatic carbocycles.